The van der Waals surface area contributed by atoms with Crippen LogP contribution in [0.25, 0.3) is 0 Å². The standard InChI is InChI=1S/C33H41N3O5/c1-33(2,3)41-31(39)20-21-36(34-28(23-30(37)38)27-18-12-7-13-19-27)29(22-25-14-8-5-9-15-25)32(40)35(4)24-26-16-10-6-11-17-26/h5-19,28-29,34H,20-24H2,1-4H3,(H,37,38)/t28-,29-/m0/s1. The second-order valence-electron chi connectivity index (χ2n) is 11.1. The molecule has 8 nitrogen and oxygen atoms in total. The Morgan fingerprint density at radius 3 is 1.93 bits per heavy atom. The smallest absolute Gasteiger partial charge is 0.307 e. The summed E-state index contributed by atoms with van der Waals surface area (Å²) >= 11 is 0. The summed E-state index contributed by atoms with van der Waals surface area (Å²) in [5.41, 5.74) is 5.38. The van der Waals surface area contributed by atoms with E-state index < -0.39 is 29.6 Å². The van der Waals surface area contributed by atoms with E-state index in [1.807, 2.05) is 91.0 Å². The van der Waals surface area contributed by atoms with E-state index in [4.69, 9.17) is 4.74 Å². The number of likely N-dealkylation sites (N-methyl/N-ethyl adjacent to an activating group) is 1. The Balaban J connectivity index is 1.97. The van der Waals surface area contributed by atoms with Gasteiger partial charge in [0.05, 0.1) is 18.9 Å². The maximum Gasteiger partial charge on any atom is 0.307 e. The molecule has 218 valence electrons. The fourth-order valence-electron chi connectivity index (χ4n) is 4.57. The number of carbonyl (C=O) groups excluding carboxylic acids is 2. The van der Waals surface area contributed by atoms with E-state index in [0.29, 0.717) is 13.0 Å². The summed E-state index contributed by atoms with van der Waals surface area (Å²) in [6.45, 7) is 5.96. The molecule has 3 rings (SSSR count). The lowest BCUT2D eigenvalue weighted by molar-refractivity contribution is -0.156. The topological polar surface area (TPSA) is 99.2 Å². The number of ether oxygens (including phenoxy) is 1. The summed E-state index contributed by atoms with van der Waals surface area (Å²) in [5, 5.41) is 11.5. The van der Waals surface area contributed by atoms with Crippen LogP contribution in [0.4, 0.5) is 0 Å². The van der Waals surface area contributed by atoms with Gasteiger partial charge in [-0.25, -0.2) is 10.4 Å². The number of amides is 1. The summed E-state index contributed by atoms with van der Waals surface area (Å²) < 4.78 is 5.54. The van der Waals surface area contributed by atoms with Gasteiger partial charge in [0.25, 0.3) is 0 Å². The predicted octanol–water partition coefficient (Wildman–Crippen LogP) is 5.01. The zero-order valence-corrected chi connectivity index (χ0v) is 24.3. The number of esters is 1. The molecule has 8 heteroatoms. The second-order valence-corrected chi connectivity index (χ2v) is 11.1. The van der Waals surface area contributed by atoms with Gasteiger partial charge in [0, 0.05) is 20.1 Å². The van der Waals surface area contributed by atoms with Crippen LogP contribution in [-0.2, 0) is 32.1 Å². The van der Waals surface area contributed by atoms with Crippen LogP contribution in [0.5, 0.6) is 0 Å². The van der Waals surface area contributed by atoms with Gasteiger partial charge in [0.15, 0.2) is 0 Å². The molecule has 0 saturated carbocycles. The van der Waals surface area contributed by atoms with Gasteiger partial charge in [-0.05, 0) is 43.9 Å². The first-order chi connectivity index (χ1) is 19.5. The largest absolute Gasteiger partial charge is 0.481 e. The third kappa shape index (κ3) is 10.8. The number of rotatable bonds is 14. The molecule has 0 fully saturated rings. The summed E-state index contributed by atoms with van der Waals surface area (Å²) in [7, 11) is 1.76. The molecule has 3 aromatic carbocycles. The van der Waals surface area contributed by atoms with E-state index in [-0.39, 0.29) is 25.3 Å². The van der Waals surface area contributed by atoms with E-state index in [2.05, 4.69) is 5.43 Å². The Hall–Kier alpha value is -4.01. The highest BCUT2D eigenvalue weighted by Gasteiger charge is 2.32. The van der Waals surface area contributed by atoms with E-state index in [1.54, 1.807) is 37.7 Å². The van der Waals surface area contributed by atoms with Crippen molar-refractivity contribution in [1.82, 2.24) is 15.3 Å². The van der Waals surface area contributed by atoms with Crippen molar-refractivity contribution in [3.05, 3.63) is 108 Å². The third-order valence-corrected chi connectivity index (χ3v) is 6.45. The number of hydrogen-bond donors (Lipinski definition) is 2. The van der Waals surface area contributed by atoms with Gasteiger partial charge in [-0.1, -0.05) is 91.0 Å². The van der Waals surface area contributed by atoms with Crippen LogP contribution in [0, 0.1) is 0 Å². The van der Waals surface area contributed by atoms with E-state index in [9.17, 15) is 19.5 Å². The molecule has 0 heterocycles. The van der Waals surface area contributed by atoms with Crippen LogP contribution in [0.15, 0.2) is 91.0 Å². The first kappa shape index (κ1) is 31.5. The highest BCUT2D eigenvalue weighted by molar-refractivity contribution is 5.82. The van der Waals surface area contributed by atoms with Gasteiger partial charge in [-0.3, -0.25) is 14.4 Å². The molecule has 1 amide bonds. The van der Waals surface area contributed by atoms with Crippen molar-refractivity contribution in [2.24, 2.45) is 0 Å². The highest BCUT2D eigenvalue weighted by Crippen LogP contribution is 2.21. The molecule has 0 spiro atoms. The second kappa shape index (κ2) is 15.1. The molecule has 0 aliphatic carbocycles. The van der Waals surface area contributed by atoms with Crippen LogP contribution in [0.1, 0.15) is 56.3 Å². The number of carboxylic acid groups (broad SMARTS) is 1. The zero-order chi connectivity index (χ0) is 29.8. The average Bonchev–Trinajstić information content (AvgIpc) is 2.93. The molecule has 0 radical (unpaired) electrons. The molecule has 41 heavy (non-hydrogen) atoms. The van der Waals surface area contributed by atoms with Crippen molar-refractivity contribution >= 4 is 17.8 Å². The van der Waals surface area contributed by atoms with Crippen LogP contribution in [0.2, 0.25) is 0 Å². The van der Waals surface area contributed by atoms with Gasteiger partial charge in [-0.2, -0.15) is 0 Å². The molecule has 3 aromatic rings. The molecule has 2 atom stereocenters. The highest BCUT2D eigenvalue weighted by atomic mass is 16.6. The monoisotopic (exact) mass is 559 g/mol. The van der Waals surface area contributed by atoms with Crippen LogP contribution < -0.4 is 5.43 Å². The summed E-state index contributed by atoms with van der Waals surface area (Å²) in [5.74, 6) is -1.54. The quantitative estimate of drug-likeness (QED) is 0.212. The van der Waals surface area contributed by atoms with Gasteiger partial charge in [-0.15, -0.1) is 0 Å². The van der Waals surface area contributed by atoms with Crippen LogP contribution in [-0.4, -0.2) is 58.1 Å². The number of aliphatic carboxylic acids is 1. The van der Waals surface area contributed by atoms with Crippen molar-refractivity contribution in [3.8, 4) is 0 Å². The zero-order valence-electron chi connectivity index (χ0n) is 24.3. The lowest BCUT2D eigenvalue weighted by Crippen LogP contribution is -2.55. The summed E-state index contributed by atoms with van der Waals surface area (Å²) in [6, 6.07) is 27.3. The molecule has 0 saturated heterocycles. The van der Waals surface area contributed by atoms with Crippen molar-refractivity contribution in [2.45, 2.75) is 64.3 Å². The Labute approximate surface area is 242 Å². The SMILES string of the molecule is CN(Cc1ccccc1)C(=O)[C@H](Cc1ccccc1)N(CCC(=O)OC(C)(C)C)N[C@@H](CC(=O)O)c1ccccc1. The van der Waals surface area contributed by atoms with Crippen molar-refractivity contribution < 1.29 is 24.2 Å². The minimum atomic E-state index is -0.981. The van der Waals surface area contributed by atoms with Crippen LogP contribution >= 0.6 is 0 Å². The molecule has 0 bridgehead atoms. The number of carboxylic acids is 1. The van der Waals surface area contributed by atoms with E-state index >= 15 is 0 Å². The minimum Gasteiger partial charge on any atom is -0.481 e. The molecular formula is C33H41N3O5. The first-order valence-corrected chi connectivity index (χ1v) is 13.9. The fraction of sp³-hybridized carbons (Fsp3) is 0.364. The minimum absolute atomic E-state index is 0.0137. The Bertz CT molecular complexity index is 1250. The average molecular weight is 560 g/mol. The Morgan fingerprint density at radius 2 is 1.39 bits per heavy atom. The Morgan fingerprint density at radius 1 is 0.854 bits per heavy atom. The number of nitrogens with one attached hydrogen (secondary N) is 1. The maximum absolute atomic E-state index is 14.1. The molecule has 2 N–H and O–H groups in total. The summed E-state index contributed by atoms with van der Waals surface area (Å²) in [4.78, 5) is 40.4. The summed E-state index contributed by atoms with van der Waals surface area (Å²) in [6.07, 6.45) is 0.160. The lowest BCUT2D eigenvalue weighted by Gasteiger charge is -2.36. The number of hydrogen-bond acceptors (Lipinski definition) is 6. The Kier molecular flexibility index (Phi) is 11.6. The molecular weight excluding hydrogens is 518 g/mol. The first-order valence-electron chi connectivity index (χ1n) is 13.9. The van der Waals surface area contributed by atoms with Crippen molar-refractivity contribution in [3.63, 3.8) is 0 Å². The van der Waals surface area contributed by atoms with Gasteiger partial charge in [0.2, 0.25) is 5.91 Å². The van der Waals surface area contributed by atoms with E-state index in [1.165, 1.54) is 0 Å². The molecule has 0 aromatic heterocycles. The lowest BCUT2D eigenvalue weighted by atomic mass is 10.0. The normalized spacial score (nSPS) is 12.9. The number of hydrazine groups is 1. The predicted molar refractivity (Wildman–Crippen MR) is 159 cm³/mol. The number of benzene rings is 3. The molecule has 0 aliphatic heterocycles. The molecule has 0 unspecified atom stereocenters. The number of nitrogens with zero attached hydrogens (tertiary/aromatic N) is 2. The van der Waals surface area contributed by atoms with Gasteiger partial charge >= 0.3 is 11.9 Å². The van der Waals surface area contributed by atoms with Gasteiger partial charge < -0.3 is 14.7 Å². The van der Waals surface area contributed by atoms with Crippen LogP contribution in [0.3, 0.4) is 0 Å². The molecule has 0 aliphatic rings. The van der Waals surface area contributed by atoms with E-state index in [0.717, 1.165) is 16.7 Å². The third-order valence-electron chi connectivity index (χ3n) is 6.45. The number of carbonyl (C=O) groups is 3. The van der Waals surface area contributed by atoms with Crippen molar-refractivity contribution in [1.29, 1.82) is 0 Å². The fourth-order valence-corrected chi connectivity index (χ4v) is 4.57. The van der Waals surface area contributed by atoms with Gasteiger partial charge in [0.1, 0.15) is 11.6 Å². The maximum atomic E-state index is 14.1. The van der Waals surface area contributed by atoms with Crippen molar-refractivity contribution in [2.75, 3.05) is 13.6 Å².